The van der Waals surface area contributed by atoms with Crippen LogP contribution in [0.1, 0.15) is 24.4 Å². The van der Waals surface area contributed by atoms with Crippen molar-refractivity contribution in [2.45, 2.75) is 20.0 Å². The zero-order valence-electron chi connectivity index (χ0n) is 18.0. The van der Waals surface area contributed by atoms with Gasteiger partial charge in [-0.3, -0.25) is 4.79 Å². The van der Waals surface area contributed by atoms with Gasteiger partial charge in [0, 0.05) is 25.0 Å². The van der Waals surface area contributed by atoms with Crippen LogP contribution in [-0.4, -0.2) is 42.6 Å². The third-order valence-electron chi connectivity index (χ3n) is 4.44. The Kier molecular flexibility index (Phi) is 7.41. The molecule has 1 aromatic heterocycles. The standard InChI is InChI=1S/C24H25FN2O3S/c1-5-29-22-14-17(6-12-21(22)30-16(2)24(28)27(3)4)7-13-23-26-20(15-31-23)18-8-10-19(25)11-9-18/h6-16H,5H2,1-4H3/b13-7+. The largest absolute Gasteiger partial charge is 0.490 e. The lowest BCUT2D eigenvalue weighted by molar-refractivity contribution is -0.135. The third kappa shape index (κ3) is 5.92. The van der Waals surface area contributed by atoms with Crippen LogP contribution in [0.2, 0.25) is 0 Å². The maximum atomic E-state index is 13.1. The van der Waals surface area contributed by atoms with E-state index in [9.17, 15) is 9.18 Å². The van der Waals surface area contributed by atoms with Gasteiger partial charge in [-0.1, -0.05) is 12.1 Å². The molecule has 1 amide bonds. The number of rotatable bonds is 8. The molecule has 0 radical (unpaired) electrons. The molecule has 162 valence electrons. The number of amides is 1. The van der Waals surface area contributed by atoms with E-state index in [1.54, 1.807) is 39.2 Å². The van der Waals surface area contributed by atoms with Gasteiger partial charge in [-0.15, -0.1) is 11.3 Å². The second-order valence-corrected chi connectivity index (χ2v) is 7.93. The zero-order valence-corrected chi connectivity index (χ0v) is 18.8. The number of thiazole rings is 1. The third-order valence-corrected chi connectivity index (χ3v) is 5.25. The average molecular weight is 441 g/mol. The van der Waals surface area contributed by atoms with Gasteiger partial charge in [0.2, 0.25) is 0 Å². The molecule has 0 N–H and O–H groups in total. The van der Waals surface area contributed by atoms with Crippen molar-refractivity contribution < 1.29 is 18.7 Å². The smallest absolute Gasteiger partial charge is 0.262 e. The van der Waals surface area contributed by atoms with Gasteiger partial charge in [-0.25, -0.2) is 9.37 Å². The summed E-state index contributed by atoms with van der Waals surface area (Å²) in [5.41, 5.74) is 2.60. The minimum Gasteiger partial charge on any atom is -0.490 e. The fraction of sp³-hybridized carbons (Fsp3) is 0.250. The maximum absolute atomic E-state index is 13.1. The monoisotopic (exact) mass is 440 g/mol. The first-order chi connectivity index (χ1) is 14.9. The Morgan fingerprint density at radius 3 is 2.58 bits per heavy atom. The van der Waals surface area contributed by atoms with Crippen molar-refractivity contribution in [3.05, 3.63) is 64.2 Å². The molecular formula is C24H25FN2O3S. The van der Waals surface area contributed by atoms with Crippen molar-refractivity contribution >= 4 is 29.4 Å². The number of benzene rings is 2. The van der Waals surface area contributed by atoms with E-state index in [2.05, 4.69) is 4.98 Å². The van der Waals surface area contributed by atoms with Crippen molar-refractivity contribution in [3.8, 4) is 22.8 Å². The summed E-state index contributed by atoms with van der Waals surface area (Å²) in [6.07, 6.45) is 3.24. The lowest BCUT2D eigenvalue weighted by Crippen LogP contribution is -2.35. The first kappa shape index (κ1) is 22.5. The van der Waals surface area contributed by atoms with Gasteiger partial charge in [-0.2, -0.15) is 0 Å². The van der Waals surface area contributed by atoms with Crippen molar-refractivity contribution in [1.82, 2.24) is 9.88 Å². The quantitative estimate of drug-likeness (QED) is 0.472. The van der Waals surface area contributed by atoms with E-state index >= 15 is 0 Å². The van der Waals surface area contributed by atoms with Crippen LogP contribution in [0.5, 0.6) is 11.5 Å². The number of likely N-dealkylation sites (N-methyl/N-ethyl adjacent to an activating group) is 1. The highest BCUT2D eigenvalue weighted by molar-refractivity contribution is 7.10. The van der Waals surface area contributed by atoms with E-state index in [1.807, 2.05) is 36.6 Å². The second kappa shape index (κ2) is 10.2. The summed E-state index contributed by atoms with van der Waals surface area (Å²) < 4.78 is 24.6. The van der Waals surface area contributed by atoms with Gasteiger partial charge < -0.3 is 14.4 Å². The van der Waals surface area contributed by atoms with Crippen LogP contribution in [0.3, 0.4) is 0 Å². The van der Waals surface area contributed by atoms with Gasteiger partial charge in [0.25, 0.3) is 5.91 Å². The van der Waals surface area contributed by atoms with Crippen LogP contribution in [0, 0.1) is 5.82 Å². The number of carbonyl (C=O) groups excluding carboxylic acids is 1. The summed E-state index contributed by atoms with van der Waals surface area (Å²) in [7, 11) is 3.39. The fourth-order valence-electron chi connectivity index (χ4n) is 2.88. The first-order valence-corrected chi connectivity index (χ1v) is 10.8. The van der Waals surface area contributed by atoms with E-state index in [1.165, 1.54) is 28.4 Å². The number of hydrogen-bond donors (Lipinski definition) is 0. The summed E-state index contributed by atoms with van der Waals surface area (Å²) in [4.78, 5) is 18.2. The van der Waals surface area contributed by atoms with Crippen molar-refractivity contribution in [3.63, 3.8) is 0 Å². The Bertz CT molecular complexity index is 1060. The molecule has 0 spiro atoms. The number of aromatic nitrogens is 1. The highest BCUT2D eigenvalue weighted by atomic mass is 32.1. The van der Waals surface area contributed by atoms with Gasteiger partial charge in [-0.05, 0) is 61.9 Å². The lowest BCUT2D eigenvalue weighted by atomic mass is 10.1. The molecule has 0 fully saturated rings. The Morgan fingerprint density at radius 2 is 1.90 bits per heavy atom. The van der Waals surface area contributed by atoms with E-state index in [-0.39, 0.29) is 11.7 Å². The molecule has 0 aliphatic heterocycles. The Hall–Kier alpha value is -3.19. The molecule has 5 nitrogen and oxygen atoms in total. The lowest BCUT2D eigenvalue weighted by Gasteiger charge is -2.20. The molecule has 1 unspecified atom stereocenters. The molecule has 7 heteroatoms. The van der Waals surface area contributed by atoms with E-state index in [4.69, 9.17) is 9.47 Å². The molecular weight excluding hydrogens is 415 g/mol. The minimum atomic E-state index is -0.615. The normalized spacial score (nSPS) is 12.0. The number of halogens is 1. The van der Waals surface area contributed by atoms with Crippen molar-refractivity contribution in [2.75, 3.05) is 20.7 Å². The molecule has 0 aliphatic carbocycles. The summed E-state index contributed by atoms with van der Waals surface area (Å²) in [6.45, 7) is 4.09. The van der Waals surface area contributed by atoms with Crippen LogP contribution in [0.4, 0.5) is 4.39 Å². The molecule has 0 saturated heterocycles. The van der Waals surface area contributed by atoms with Gasteiger partial charge >= 0.3 is 0 Å². The van der Waals surface area contributed by atoms with Crippen molar-refractivity contribution in [1.29, 1.82) is 0 Å². The molecule has 0 saturated carbocycles. The molecule has 3 aromatic rings. The summed E-state index contributed by atoms with van der Waals surface area (Å²) in [5.74, 6) is 0.716. The zero-order chi connectivity index (χ0) is 22.4. The molecule has 0 bridgehead atoms. The number of ether oxygens (including phenoxy) is 2. The fourth-order valence-corrected chi connectivity index (χ4v) is 3.60. The summed E-state index contributed by atoms with van der Waals surface area (Å²) >= 11 is 1.51. The summed E-state index contributed by atoms with van der Waals surface area (Å²) in [6, 6.07) is 11.9. The van der Waals surface area contributed by atoms with E-state index < -0.39 is 6.10 Å². The molecule has 1 atom stereocenters. The first-order valence-electron chi connectivity index (χ1n) is 9.91. The van der Waals surface area contributed by atoms with E-state index in [0.717, 1.165) is 21.8 Å². The molecule has 2 aromatic carbocycles. The van der Waals surface area contributed by atoms with Crippen LogP contribution in [-0.2, 0) is 4.79 Å². The SMILES string of the molecule is CCOc1cc(/C=C/c2nc(-c3ccc(F)cc3)cs2)ccc1OC(C)C(=O)N(C)C. The number of hydrogen-bond acceptors (Lipinski definition) is 5. The Balaban J connectivity index is 1.75. The van der Waals surface area contributed by atoms with Gasteiger partial charge in [0.1, 0.15) is 10.8 Å². The molecule has 0 aliphatic rings. The second-order valence-electron chi connectivity index (χ2n) is 7.04. The number of nitrogens with zero attached hydrogens (tertiary/aromatic N) is 2. The minimum absolute atomic E-state index is 0.118. The van der Waals surface area contributed by atoms with Gasteiger partial charge in [0.15, 0.2) is 17.6 Å². The summed E-state index contributed by atoms with van der Waals surface area (Å²) in [5, 5.41) is 2.78. The van der Waals surface area contributed by atoms with E-state index in [0.29, 0.717) is 18.1 Å². The van der Waals surface area contributed by atoms with Crippen LogP contribution in [0.15, 0.2) is 47.8 Å². The highest BCUT2D eigenvalue weighted by Gasteiger charge is 2.18. The Morgan fingerprint density at radius 1 is 1.16 bits per heavy atom. The number of carbonyl (C=O) groups is 1. The topological polar surface area (TPSA) is 51.7 Å². The van der Waals surface area contributed by atoms with Crippen LogP contribution < -0.4 is 9.47 Å². The van der Waals surface area contributed by atoms with Crippen molar-refractivity contribution in [2.24, 2.45) is 0 Å². The molecule has 31 heavy (non-hydrogen) atoms. The predicted molar refractivity (Wildman–Crippen MR) is 123 cm³/mol. The van der Waals surface area contributed by atoms with Crippen LogP contribution >= 0.6 is 11.3 Å². The highest BCUT2D eigenvalue weighted by Crippen LogP contribution is 2.31. The molecule has 1 heterocycles. The maximum Gasteiger partial charge on any atom is 0.262 e. The Labute approximate surface area is 185 Å². The predicted octanol–water partition coefficient (Wildman–Crippen LogP) is 5.37. The molecule has 3 rings (SSSR count). The average Bonchev–Trinajstić information content (AvgIpc) is 3.23. The van der Waals surface area contributed by atoms with Gasteiger partial charge in [0.05, 0.1) is 12.3 Å². The van der Waals surface area contributed by atoms with Crippen LogP contribution in [0.25, 0.3) is 23.4 Å².